The average Bonchev–Trinajstić information content (AvgIpc) is 2.84. The number of ether oxygens (including phenoxy) is 1. The quantitative estimate of drug-likeness (QED) is 0.591. The maximum absolute atomic E-state index is 12.8. The fraction of sp³-hybridized carbons (Fsp3) is 0.522. The Morgan fingerprint density at radius 3 is 2.88 bits per heavy atom. The van der Waals surface area contributed by atoms with Gasteiger partial charge in [0.15, 0.2) is 0 Å². The summed E-state index contributed by atoms with van der Waals surface area (Å²) in [5.41, 5.74) is 1.31. The monoisotopic (exact) mass is 507 g/mol. The molecule has 0 spiro atoms. The van der Waals surface area contributed by atoms with Gasteiger partial charge in [0.05, 0.1) is 29.5 Å². The first-order chi connectivity index (χ1) is 16.3. The van der Waals surface area contributed by atoms with Crippen molar-refractivity contribution in [3.8, 4) is 11.3 Å². The van der Waals surface area contributed by atoms with E-state index < -0.39 is 15.9 Å². The van der Waals surface area contributed by atoms with E-state index in [1.54, 1.807) is 6.07 Å². The van der Waals surface area contributed by atoms with Crippen LogP contribution in [0.5, 0.6) is 0 Å². The van der Waals surface area contributed by atoms with Gasteiger partial charge >= 0.3 is 0 Å². The summed E-state index contributed by atoms with van der Waals surface area (Å²) in [6.45, 7) is 2.99. The number of rotatable bonds is 7. The molecule has 0 saturated carbocycles. The number of piperidine rings is 1. The lowest BCUT2D eigenvalue weighted by Crippen LogP contribution is -2.43. The molecule has 0 aliphatic carbocycles. The molecule has 184 valence electrons. The van der Waals surface area contributed by atoms with Crippen molar-refractivity contribution in [1.82, 2.24) is 14.3 Å². The molecule has 2 fully saturated rings. The molecule has 4 rings (SSSR count). The van der Waals surface area contributed by atoms with E-state index in [2.05, 4.69) is 20.6 Å². The highest BCUT2D eigenvalue weighted by molar-refractivity contribution is 7.88. The molecule has 1 unspecified atom stereocenters. The number of sulfonamides is 1. The topological polar surface area (TPSA) is 114 Å². The van der Waals surface area contributed by atoms with Gasteiger partial charge < -0.3 is 15.4 Å². The van der Waals surface area contributed by atoms with E-state index in [4.69, 9.17) is 16.3 Å². The maximum atomic E-state index is 12.8. The Morgan fingerprint density at radius 2 is 2.12 bits per heavy atom. The summed E-state index contributed by atoms with van der Waals surface area (Å²) in [6.07, 6.45) is 6.13. The second kappa shape index (κ2) is 11.0. The van der Waals surface area contributed by atoms with Crippen LogP contribution in [0.15, 0.2) is 30.5 Å². The smallest absolute Gasteiger partial charge is 0.229 e. The summed E-state index contributed by atoms with van der Waals surface area (Å²) in [6, 6.07) is 7.35. The summed E-state index contributed by atoms with van der Waals surface area (Å²) in [5.74, 6) is 0.861. The number of halogens is 1. The summed E-state index contributed by atoms with van der Waals surface area (Å²) < 4.78 is 30.6. The van der Waals surface area contributed by atoms with Crippen molar-refractivity contribution in [2.45, 2.75) is 25.7 Å². The number of nitrogens with zero attached hydrogens (tertiary/aromatic N) is 3. The fourth-order valence-electron chi connectivity index (χ4n) is 4.29. The van der Waals surface area contributed by atoms with Crippen molar-refractivity contribution in [2.24, 2.45) is 11.8 Å². The standard InChI is InChI=1S/C23H30ClN5O4S/c1-34(31,32)29-9-3-6-17(14-29)23(30)28-22-11-18(19(24)13-26-22)20-7-2-8-21(27-20)25-12-16-5-4-10-33-15-16/h2,7-8,11,13,16-17H,3-6,9-10,12,14-15H2,1H3,(H,25,27)(H,26,28,30)/t16?,17-/m0/s1. The van der Waals surface area contributed by atoms with Crippen LogP contribution in [0, 0.1) is 11.8 Å². The molecule has 2 aromatic heterocycles. The first-order valence-electron chi connectivity index (χ1n) is 11.5. The van der Waals surface area contributed by atoms with Crippen molar-refractivity contribution in [2.75, 3.05) is 49.7 Å². The first-order valence-corrected chi connectivity index (χ1v) is 13.7. The van der Waals surface area contributed by atoms with E-state index in [1.165, 1.54) is 16.8 Å². The third-order valence-electron chi connectivity index (χ3n) is 6.18. The Bertz CT molecular complexity index is 1120. The van der Waals surface area contributed by atoms with Crippen LogP contribution >= 0.6 is 11.6 Å². The molecule has 34 heavy (non-hydrogen) atoms. The van der Waals surface area contributed by atoms with Crippen LogP contribution in [0.3, 0.4) is 0 Å². The highest BCUT2D eigenvalue weighted by Crippen LogP contribution is 2.29. The van der Waals surface area contributed by atoms with Gasteiger partial charge in [-0.2, -0.15) is 0 Å². The molecule has 2 aliphatic heterocycles. The molecular weight excluding hydrogens is 478 g/mol. The summed E-state index contributed by atoms with van der Waals surface area (Å²) >= 11 is 6.41. The molecule has 1 amide bonds. The predicted octanol–water partition coefficient (Wildman–Crippen LogP) is 3.25. The van der Waals surface area contributed by atoms with Crippen LogP contribution in [0.2, 0.25) is 5.02 Å². The molecule has 2 saturated heterocycles. The van der Waals surface area contributed by atoms with Crippen LogP contribution < -0.4 is 10.6 Å². The van der Waals surface area contributed by atoms with Crippen molar-refractivity contribution >= 4 is 39.2 Å². The number of pyridine rings is 2. The summed E-state index contributed by atoms with van der Waals surface area (Å²) in [5, 5.41) is 6.61. The largest absolute Gasteiger partial charge is 0.381 e. The van der Waals surface area contributed by atoms with E-state index in [0.29, 0.717) is 47.4 Å². The van der Waals surface area contributed by atoms with Gasteiger partial charge in [0.2, 0.25) is 15.9 Å². The molecule has 2 N–H and O–H groups in total. The minimum absolute atomic E-state index is 0.173. The van der Waals surface area contributed by atoms with E-state index >= 15 is 0 Å². The van der Waals surface area contributed by atoms with Gasteiger partial charge in [-0.3, -0.25) is 4.79 Å². The zero-order valence-corrected chi connectivity index (χ0v) is 20.7. The van der Waals surface area contributed by atoms with Crippen LogP contribution in [-0.4, -0.2) is 67.7 Å². The number of carbonyl (C=O) groups excluding carboxylic acids is 1. The molecule has 0 bridgehead atoms. The van der Waals surface area contributed by atoms with Gasteiger partial charge in [-0.25, -0.2) is 22.7 Å². The van der Waals surface area contributed by atoms with Crippen molar-refractivity contribution in [3.05, 3.63) is 35.5 Å². The maximum Gasteiger partial charge on any atom is 0.229 e. The molecule has 4 heterocycles. The minimum Gasteiger partial charge on any atom is -0.381 e. The van der Waals surface area contributed by atoms with Crippen LogP contribution in [0.25, 0.3) is 11.3 Å². The number of nitrogens with one attached hydrogen (secondary N) is 2. The lowest BCUT2D eigenvalue weighted by molar-refractivity contribution is -0.120. The lowest BCUT2D eigenvalue weighted by Gasteiger charge is -2.30. The van der Waals surface area contributed by atoms with E-state index in [9.17, 15) is 13.2 Å². The predicted molar refractivity (Wildman–Crippen MR) is 132 cm³/mol. The van der Waals surface area contributed by atoms with Gasteiger partial charge in [0.1, 0.15) is 11.6 Å². The molecular formula is C23H30ClN5O4S. The average molecular weight is 508 g/mol. The number of anilines is 2. The second-order valence-electron chi connectivity index (χ2n) is 8.87. The number of amides is 1. The fourth-order valence-corrected chi connectivity index (χ4v) is 5.40. The minimum atomic E-state index is -3.33. The molecule has 0 aromatic carbocycles. The van der Waals surface area contributed by atoms with Gasteiger partial charge in [-0.1, -0.05) is 17.7 Å². The highest BCUT2D eigenvalue weighted by atomic mass is 35.5. The second-order valence-corrected chi connectivity index (χ2v) is 11.3. The Morgan fingerprint density at radius 1 is 1.26 bits per heavy atom. The van der Waals surface area contributed by atoms with Gasteiger partial charge in [-0.05, 0) is 49.8 Å². The van der Waals surface area contributed by atoms with Crippen LogP contribution in [0.1, 0.15) is 25.7 Å². The molecule has 9 nitrogen and oxygen atoms in total. The Labute approximate surface area is 205 Å². The molecule has 2 atom stereocenters. The van der Waals surface area contributed by atoms with Gasteiger partial charge in [-0.15, -0.1) is 0 Å². The van der Waals surface area contributed by atoms with E-state index in [-0.39, 0.29) is 12.5 Å². The Kier molecular flexibility index (Phi) is 8.02. The molecule has 11 heteroatoms. The van der Waals surface area contributed by atoms with Crippen molar-refractivity contribution in [3.63, 3.8) is 0 Å². The molecule has 2 aliphatic rings. The normalized spacial score (nSPS) is 21.7. The van der Waals surface area contributed by atoms with Gasteiger partial charge in [0, 0.05) is 38.0 Å². The molecule has 2 aromatic rings. The van der Waals surface area contributed by atoms with Crippen molar-refractivity contribution < 1.29 is 17.9 Å². The zero-order chi connectivity index (χ0) is 24.1. The molecule has 0 radical (unpaired) electrons. The zero-order valence-electron chi connectivity index (χ0n) is 19.2. The number of carbonyl (C=O) groups is 1. The van der Waals surface area contributed by atoms with Crippen LogP contribution in [-0.2, 0) is 19.6 Å². The summed E-state index contributed by atoms with van der Waals surface area (Å²) in [7, 11) is -3.33. The third kappa shape index (κ3) is 6.44. The third-order valence-corrected chi connectivity index (χ3v) is 7.75. The Balaban J connectivity index is 1.44. The number of aromatic nitrogens is 2. The first kappa shape index (κ1) is 24.8. The highest BCUT2D eigenvalue weighted by Gasteiger charge is 2.30. The van der Waals surface area contributed by atoms with E-state index in [0.717, 1.165) is 38.4 Å². The number of hydrogen-bond acceptors (Lipinski definition) is 7. The summed E-state index contributed by atoms with van der Waals surface area (Å²) in [4.78, 5) is 21.7. The van der Waals surface area contributed by atoms with Crippen molar-refractivity contribution in [1.29, 1.82) is 0 Å². The Hall–Kier alpha value is -2.27. The van der Waals surface area contributed by atoms with Crippen LogP contribution in [0.4, 0.5) is 11.6 Å². The number of hydrogen-bond donors (Lipinski definition) is 2. The van der Waals surface area contributed by atoms with E-state index in [1.807, 2.05) is 18.2 Å². The lowest BCUT2D eigenvalue weighted by atomic mass is 9.99. The van der Waals surface area contributed by atoms with Gasteiger partial charge in [0.25, 0.3) is 0 Å². The SMILES string of the molecule is CS(=O)(=O)N1CCC[C@H](C(=O)Nc2cc(-c3cccc(NCC4CCCOC4)n3)c(Cl)cn2)C1.